The number of nitrogens with one attached hydrogen (secondary N) is 2. The molecule has 1 amide bonds. The van der Waals surface area contributed by atoms with Gasteiger partial charge in [0, 0.05) is 32.4 Å². The lowest BCUT2D eigenvalue weighted by atomic mass is 10.1. The quantitative estimate of drug-likeness (QED) is 0.260. The molecule has 1 heterocycles. The molecule has 0 aliphatic rings. The first-order chi connectivity index (χ1) is 16.5. The van der Waals surface area contributed by atoms with Gasteiger partial charge in [0.25, 0.3) is 5.91 Å². The van der Waals surface area contributed by atoms with Gasteiger partial charge in [-0.3, -0.25) is 4.79 Å². The van der Waals surface area contributed by atoms with Crippen molar-refractivity contribution in [3.8, 4) is 11.3 Å². The minimum Gasteiger partial charge on any atom is -0.324 e. The van der Waals surface area contributed by atoms with Gasteiger partial charge in [-0.2, -0.15) is 0 Å². The molecule has 5 rings (SSSR count). The summed E-state index contributed by atoms with van der Waals surface area (Å²) >= 11 is 3.55. The number of carbonyl (C=O) groups excluding carboxylic acids is 1. The van der Waals surface area contributed by atoms with Crippen LogP contribution in [-0.4, -0.2) is 15.9 Å². The summed E-state index contributed by atoms with van der Waals surface area (Å²) in [6, 6.07) is 31.0. The van der Waals surface area contributed by atoms with Crippen molar-refractivity contribution >= 4 is 50.1 Å². The standard InChI is InChI=1S/C28H21BrN4O/c1-18-10-13-22(14-11-18)30-27(34)20-8-5-9-23(16-20)31-28-32-25-15-12-21(29)17-24(25)26(33-28)19-6-3-2-4-7-19/h2-17H,1H3,(H,30,34)(H,31,32,33). The van der Waals surface area contributed by atoms with Crippen LogP contribution >= 0.6 is 15.9 Å². The second kappa shape index (κ2) is 9.45. The number of hydrogen-bond acceptors (Lipinski definition) is 4. The molecule has 0 radical (unpaired) electrons. The van der Waals surface area contributed by atoms with Crippen molar-refractivity contribution in [3.63, 3.8) is 0 Å². The summed E-state index contributed by atoms with van der Waals surface area (Å²) in [6.07, 6.45) is 0. The zero-order chi connectivity index (χ0) is 23.5. The number of hydrogen-bond donors (Lipinski definition) is 2. The van der Waals surface area contributed by atoms with Crippen LogP contribution in [0.3, 0.4) is 0 Å². The van der Waals surface area contributed by atoms with Crippen molar-refractivity contribution < 1.29 is 4.79 Å². The highest BCUT2D eigenvalue weighted by atomic mass is 79.9. The lowest BCUT2D eigenvalue weighted by molar-refractivity contribution is 0.102. The van der Waals surface area contributed by atoms with Gasteiger partial charge in [-0.1, -0.05) is 70.0 Å². The zero-order valence-corrected chi connectivity index (χ0v) is 20.0. The Kier molecular flexibility index (Phi) is 6.06. The summed E-state index contributed by atoms with van der Waals surface area (Å²) in [5.74, 6) is 0.284. The SMILES string of the molecule is Cc1ccc(NC(=O)c2cccc(Nc3nc(-c4ccccc4)c4cc(Br)ccc4n3)c2)cc1. The first kappa shape index (κ1) is 21.8. The Labute approximate surface area is 206 Å². The second-order valence-corrected chi connectivity index (χ2v) is 8.86. The van der Waals surface area contributed by atoms with E-state index < -0.39 is 0 Å². The molecular formula is C28H21BrN4O. The number of aryl methyl sites for hydroxylation is 1. The Morgan fingerprint density at radius 2 is 1.59 bits per heavy atom. The predicted molar refractivity (Wildman–Crippen MR) is 142 cm³/mol. The molecule has 34 heavy (non-hydrogen) atoms. The fourth-order valence-corrected chi connectivity index (χ4v) is 4.04. The van der Waals surface area contributed by atoms with Crippen LogP contribution in [0.25, 0.3) is 22.2 Å². The largest absolute Gasteiger partial charge is 0.324 e. The molecule has 0 aliphatic carbocycles. The Morgan fingerprint density at radius 3 is 2.38 bits per heavy atom. The van der Waals surface area contributed by atoms with Crippen LogP contribution in [0.5, 0.6) is 0 Å². The summed E-state index contributed by atoms with van der Waals surface area (Å²) in [7, 11) is 0. The molecule has 1 aromatic heterocycles. The lowest BCUT2D eigenvalue weighted by Gasteiger charge is -2.12. The zero-order valence-electron chi connectivity index (χ0n) is 18.4. The van der Waals surface area contributed by atoms with Crippen LogP contribution in [0.4, 0.5) is 17.3 Å². The Bertz CT molecular complexity index is 1480. The molecule has 0 bridgehead atoms. The van der Waals surface area contributed by atoms with Gasteiger partial charge < -0.3 is 10.6 Å². The first-order valence-corrected chi connectivity index (χ1v) is 11.6. The second-order valence-electron chi connectivity index (χ2n) is 7.95. The van der Waals surface area contributed by atoms with E-state index in [0.29, 0.717) is 11.5 Å². The Morgan fingerprint density at radius 1 is 0.794 bits per heavy atom. The van der Waals surface area contributed by atoms with Gasteiger partial charge in [-0.05, 0) is 55.5 Å². The number of halogens is 1. The van der Waals surface area contributed by atoms with Crippen LogP contribution in [0.15, 0.2) is 102 Å². The number of aromatic nitrogens is 2. The van der Waals surface area contributed by atoms with Gasteiger partial charge in [0.2, 0.25) is 5.95 Å². The normalized spacial score (nSPS) is 10.8. The van der Waals surface area contributed by atoms with E-state index in [-0.39, 0.29) is 5.91 Å². The average molecular weight is 509 g/mol. The highest BCUT2D eigenvalue weighted by molar-refractivity contribution is 9.10. The molecule has 4 aromatic carbocycles. The smallest absolute Gasteiger partial charge is 0.255 e. The maximum Gasteiger partial charge on any atom is 0.255 e. The molecule has 166 valence electrons. The number of amides is 1. The summed E-state index contributed by atoms with van der Waals surface area (Å²) in [5.41, 5.74) is 5.83. The topological polar surface area (TPSA) is 66.9 Å². The molecule has 0 aliphatic heterocycles. The van der Waals surface area contributed by atoms with E-state index in [2.05, 4.69) is 26.6 Å². The Balaban J connectivity index is 1.46. The number of anilines is 3. The highest BCUT2D eigenvalue weighted by Crippen LogP contribution is 2.30. The highest BCUT2D eigenvalue weighted by Gasteiger charge is 2.12. The summed E-state index contributed by atoms with van der Waals surface area (Å²) in [4.78, 5) is 22.3. The van der Waals surface area contributed by atoms with Crippen LogP contribution in [-0.2, 0) is 0 Å². The van der Waals surface area contributed by atoms with Gasteiger partial charge in [0.15, 0.2) is 0 Å². The van der Waals surface area contributed by atoms with Crippen LogP contribution in [0, 0.1) is 6.92 Å². The fourth-order valence-electron chi connectivity index (χ4n) is 3.68. The average Bonchev–Trinajstić information content (AvgIpc) is 2.86. The number of rotatable bonds is 5. The van der Waals surface area contributed by atoms with Crippen molar-refractivity contribution in [2.75, 3.05) is 10.6 Å². The fraction of sp³-hybridized carbons (Fsp3) is 0.0357. The summed E-state index contributed by atoms with van der Waals surface area (Å²) in [6.45, 7) is 2.01. The van der Waals surface area contributed by atoms with Crippen molar-refractivity contribution in [2.24, 2.45) is 0 Å². The van der Waals surface area contributed by atoms with Gasteiger partial charge in [-0.25, -0.2) is 9.97 Å². The third kappa shape index (κ3) is 4.82. The lowest BCUT2D eigenvalue weighted by Crippen LogP contribution is -2.12. The first-order valence-electron chi connectivity index (χ1n) is 10.8. The maximum atomic E-state index is 12.8. The van der Waals surface area contributed by atoms with Crippen LogP contribution in [0.2, 0.25) is 0 Å². The number of nitrogens with zero attached hydrogens (tertiary/aromatic N) is 2. The van der Waals surface area contributed by atoms with E-state index in [9.17, 15) is 4.79 Å². The van der Waals surface area contributed by atoms with Crippen molar-refractivity contribution in [1.29, 1.82) is 0 Å². The molecular weight excluding hydrogens is 488 g/mol. The van der Waals surface area contributed by atoms with Crippen molar-refractivity contribution in [1.82, 2.24) is 9.97 Å². The van der Waals surface area contributed by atoms with E-state index in [4.69, 9.17) is 9.97 Å². The molecule has 0 atom stereocenters. The van der Waals surface area contributed by atoms with E-state index in [1.54, 1.807) is 12.1 Å². The van der Waals surface area contributed by atoms with Gasteiger partial charge in [0.1, 0.15) is 0 Å². The van der Waals surface area contributed by atoms with Gasteiger partial charge in [0.05, 0.1) is 11.2 Å². The molecule has 0 unspecified atom stereocenters. The molecule has 2 N–H and O–H groups in total. The Hall–Kier alpha value is -4.03. The van der Waals surface area contributed by atoms with E-state index in [0.717, 1.165) is 43.6 Å². The van der Waals surface area contributed by atoms with E-state index in [1.165, 1.54) is 0 Å². The molecule has 0 fully saturated rings. The third-order valence-electron chi connectivity index (χ3n) is 5.40. The van der Waals surface area contributed by atoms with Crippen molar-refractivity contribution in [2.45, 2.75) is 6.92 Å². The maximum absolute atomic E-state index is 12.8. The summed E-state index contributed by atoms with van der Waals surface area (Å²) in [5, 5.41) is 7.16. The minimum atomic E-state index is -0.179. The number of fused-ring (bicyclic) bond motifs is 1. The monoisotopic (exact) mass is 508 g/mol. The van der Waals surface area contributed by atoms with Crippen LogP contribution in [0.1, 0.15) is 15.9 Å². The molecule has 0 saturated heterocycles. The summed E-state index contributed by atoms with van der Waals surface area (Å²) < 4.78 is 0.966. The third-order valence-corrected chi connectivity index (χ3v) is 5.89. The number of carbonyl (C=O) groups is 1. The van der Waals surface area contributed by atoms with E-state index in [1.807, 2.05) is 91.9 Å². The van der Waals surface area contributed by atoms with Crippen LogP contribution < -0.4 is 10.6 Å². The minimum absolute atomic E-state index is 0.179. The molecule has 5 nitrogen and oxygen atoms in total. The van der Waals surface area contributed by atoms with Gasteiger partial charge in [-0.15, -0.1) is 0 Å². The van der Waals surface area contributed by atoms with Gasteiger partial charge >= 0.3 is 0 Å². The molecule has 5 aromatic rings. The predicted octanol–water partition coefficient (Wildman–Crippen LogP) is 7.36. The number of benzene rings is 4. The van der Waals surface area contributed by atoms with Crippen molar-refractivity contribution in [3.05, 3.63) is 113 Å². The molecule has 6 heteroatoms. The molecule has 0 spiro atoms. The molecule has 0 saturated carbocycles. The van der Waals surface area contributed by atoms with E-state index >= 15 is 0 Å².